The zero-order chi connectivity index (χ0) is 14.5. The molecule has 0 aromatic heterocycles. The third-order valence-corrected chi connectivity index (χ3v) is 3.06. The van der Waals surface area contributed by atoms with Crippen LogP contribution in [0.3, 0.4) is 0 Å². The Morgan fingerprint density at radius 3 is 2.40 bits per heavy atom. The molecule has 2 aromatic carbocycles. The molecule has 2 aromatic rings. The molecular weight excluding hydrogens is 282 g/mol. The number of hydrogen-bond donors (Lipinski definition) is 1. The fourth-order valence-corrected chi connectivity index (χ4v) is 2.07. The van der Waals surface area contributed by atoms with Gasteiger partial charge in [-0.25, -0.2) is 8.78 Å². The lowest BCUT2D eigenvalue weighted by molar-refractivity contribution is 0.580. The van der Waals surface area contributed by atoms with Crippen molar-refractivity contribution in [2.75, 3.05) is 11.9 Å². The third-order valence-electron chi connectivity index (χ3n) is 2.75. The van der Waals surface area contributed by atoms with E-state index in [1.165, 1.54) is 12.1 Å². The summed E-state index contributed by atoms with van der Waals surface area (Å²) in [4.78, 5) is 0. The van der Waals surface area contributed by atoms with Crippen LogP contribution in [0.1, 0.15) is 11.1 Å². The van der Waals surface area contributed by atoms with Crippen molar-refractivity contribution in [1.29, 1.82) is 5.26 Å². The second kappa shape index (κ2) is 6.36. The predicted molar refractivity (Wildman–Crippen MR) is 74.7 cm³/mol. The van der Waals surface area contributed by atoms with Gasteiger partial charge in [0.1, 0.15) is 11.6 Å². The molecule has 0 aliphatic rings. The number of nitriles is 1. The van der Waals surface area contributed by atoms with Crippen LogP contribution in [0.25, 0.3) is 0 Å². The van der Waals surface area contributed by atoms with Gasteiger partial charge in [0.2, 0.25) is 0 Å². The highest BCUT2D eigenvalue weighted by molar-refractivity contribution is 6.33. The van der Waals surface area contributed by atoms with Crippen molar-refractivity contribution in [1.82, 2.24) is 0 Å². The van der Waals surface area contributed by atoms with Gasteiger partial charge < -0.3 is 5.32 Å². The van der Waals surface area contributed by atoms with Crippen molar-refractivity contribution in [3.8, 4) is 6.07 Å². The van der Waals surface area contributed by atoms with Crippen LogP contribution in [-0.2, 0) is 6.42 Å². The molecule has 0 aliphatic heterocycles. The smallest absolute Gasteiger partial charge is 0.126 e. The van der Waals surface area contributed by atoms with E-state index in [0.717, 1.165) is 6.07 Å². The van der Waals surface area contributed by atoms with E-state index in [0.29, 0.717) is 34.8 Å². The molecule has 0 aliphatic carbocycles. The molecule has 0 bridgehead atoms. The number of halogens is 3. The maximum absolute atomic E-state index is 13.0. The van der Waals surface area contributed by atoms with Crippen molar-refractivity contribution in [2.45, 2.75) is 6.42 Å². The summed E-state index contributed by atoms with van der Waals surface area (Å²) >= 11 is 6.01. The molecule has 20 heavy (non-hydrogen) atoms. The van der Waals surface area contributed by atoms with Gasteiger partial charge in [0.15, 0.2) is 0 Å². The average molecular weight is 293 g/mol. The van der Waals surface area contributed by atoms with Crippen molar-refractivity contribution in [3.05, 3.63) is 64.2 Å². The Bertz CT molecular complexity index is 645. The lowest BCUT2D eigenvalue weighted by Gasteiger charge is -2.08. The summed E-state index contributed by atoms with van der Waals surface area (Å²) < 4.78 is 26.0. The first-order valence-corrected chi connectivity index (χ1v) is 6.35. The Kier molecular flexibility index (Phi) is 4.54. The van der Waals surface area contributed by atoms with Crippen molar-refractivity contribution >= 4 is 17.3 Å². The summed E-state index contributed by atoms with van der Waals surface area (Å²) in [5.41, 5.74) is 1.73. The van der Waals surface area contributed by atoms with Crippen LogP contribution in [0, 0.1) is 23.0 Å². The quantitative estimate of drug-likeness (QED) is 0.919. The topological polar surface area (TPSA) is 35.8 Å². The minimum Gasteiger partial charge on any atom is -0.384 e. The lowest BCUT2D eigenvalue weighted by Crippen LogP contribution is -2.06. The lowest BCUT2D eigenvalue weighted by atomic mass is 10.1. The summed E-state index contributed by atoms with van der Waals surface area (Å²) in [6.45, 7) is 0.481. The van der Waals surface area contributed by atoms with Crippen LogP contribution in [0.4, 0.5) is 14.5 Å². The van der Waals surface area contributed by atoms with Gasteiger partial charge in [-0.1, -0.05) is 11.6 Å². The number of nitrogens with one attached hydrogen (secondary N) is 1. The van der Waals surface area contributed by atoms with Crippen LogP contribution in [0.5, 0.6) is 0 Å². The van der Waals surface area contributed by atoms with Crippen LogP contribution in [0.2, 0.25) is 5.02 Å². The molecule has 0 fully saturated rings. The van der Waals surface area contributed by atoms with E-state index >= 15 is 0 Å². The molecule has 2 nitrogen and oxygen atoms in total. The molecule has 0 saturated heterocycles. The molecule has 0 heterocycles. The zero-order valence-corrected chi connectivity index (χ0v) is 11.2. The third kappa shape index (κ3) is 3.69. The first kappa shape index (κ1) is 14.3. The van der Waals surface area contributed by atoms with Crippen molar-refractivity contribution in [3.63, 3.8) is 0 Å². The van der Waals surface area contributed by atoms with Crippen molar-refractivity contribution in [2.24, 2.45) is 0 Å². The summed E-state index contributed by atoms with van der Waals surface area (Å²) in [7, 11) is 0. The molecule has 102 valence electrons. The van der Waals surface area contributed by atoms with Gasteiger partial charge in [0.05, 0.1) is 22.3 Å². The SMILES string of the molecule is N#Cc1ccc(NCCc2cc(F)cc(F)c2)c(Cl)c1. The van der Waals surface area contributed by atoms with Gasteiger partial charge in [-0.05, 0) is 42.3 Å². The Morgan fingerprint density at radius 2 is 1.80 bits per heavy atom. The fourth-order valence-electron chi connectivity index (χ4n) is 1.82. The predicted octanol–water partition coefficient (Wildman–Crippen LogP) is 4.14. The minimum atomic E-state index is -0.587. The second-order valence-corrected chi connectivity index (χ2v) is 4.67. The first-order valence-electron chi connectivity index (χ1n) is 5.97. The molecule has 1 N–H and O–H groups in total. The number of hydrogen-bond acceptors (Lipinski definition) is 2. The Labute approximate surface area is 120 Å². The van der Waals surface area contributed by atoms with E-state index in [-0.39, 0.29) is 0 Å². The molecule has 0 atom stereocenters. The van der Waals surface area contributed by atoms with Crippen LogP contribution >= 0.6 is 11.6 Å². The molecule has 0 radical (unpaired) electrons. The molecule has 0 unspecified atom stereocenters. The number of anilines is 1. The monoisotopic (exact) mass is 292 g/mol. The number of rotatable bonds is 4. The van der Waals surface area contributed by atoms with Gasteiger partial charge in [0, 0.05) is 12.6 Å². The standard InChI is InChI=1S/C15H11ClF2N2/c16-14-7-11(9-19)1-2-15(14)20-4-3-10-5-12(17)8-13(18)6-10/h1-2,5-8,20H,3-4H2. The summed E-state index contributed by atoms with van der Waals surface area (Å²) in [6.07, 6.45) is 0.463. The Balaban J connectivity index is 1.98. The zero-order valence-electron chi connectivity index (χ0n) is 10.5. The maximum Gasteiger partial charge on any atom is 0.126 e. The first-order chi connectivity index (χ1) is 9.58. The molecular formula is C15H11ClF2N2. The highest BCUT2D eigenvalue weighted by atomic mass is 35.5. The van der Waals surface area contributed by atoms with E-state index in [4.69, 9.17) is 16.9 Å². The summed E-state index contributed by atoms with van der Waals surface area (Å²) in [5, 5.41) is 12.2. The average Bonchev–Trinajstić information content (AvgIpc) is 2.39. The highest BCUT2D eigenvalue weighted by Crippen LogP contribution is 2.22. The van der Waals surface area contributed by atoms with E-state index in [2.05, 4.69) is 5.32 Å². The van der Waals surface area contributed by atoms with E-state index in [1.807, 2.05) is 6.07 Å². The minimum absolute atomic E-state index is 0.439. The van der Waals surface area contributed by atoms with Gasteiger partial charge in [-0.2, -0.15) is 5.26 Å². The van der Waals surface area contributed by atoms with E-state index in [1.54, 1.807) is 18.2 Å². The van der Waals surface area contributed by atoms with Crippen LogP contribution in [-0.4, -0.2) is 6.54 Å². The summed E-state index contributed by atoms with van der Waals surface area (Å²) in [6, 6.07) is 10.3. The highest BCUT2D eigenvalue weighted by Gasteiger charge is 2.03. The van der Waals surface area contributed by atoms with E-state index < -0.39 is 11.6 Å². The maximum atomic E-state index is 13.0. The number of benzene rings is 2. The Morgan fingerprint density at radius 1 is 1.10 bits per heavy atom. The second-order valence-electron chi connectivity index (χ2n) is 4.26. The molecule has 0 amide bonds. The Hall–Kier alpha value is -2.12. The van der Waals surface area contributed by atoms with Gasteiger partial charge in [-0.3, -0.25) is 0 Å². The van der Waals surface area contributed by atoms with Crippen molar-refractivity contribution < 1.29 is 8.78 Å². The van der Waals surface area contributed by atoms with Gasteiger partial charge in [0.25, 0.3) is 0 Å². The van der Waals surface area contributed by atoms with Gasteiger partial charge in [-0.15, -0.1) is 0 Å². The molecule has 2 rings (SSSR count). The van der Waals surface area contributed by atoms with Crippen LogP contribution < -0.4 is 5.32 Å². The van der Waals surface area contributed by atoms with Gasteiger partial charge >= 0.3 is 0 Å². The number of nitrogens with zero attached hydrogens (tertiary/aromatic N) is 1. The fraction of sp³-hybridized carbons (Fsp3) is 0.133. The molecule has 0 spiro atoms. The largest absolute Gasteiger partial charge is 0.384 e. The normalized spacial score (nSPS) is 10.1. The van der Waals surface area contributed by atoms with Crippen LogP contribution in [0.15, 0.2) is 36.4 Å². The molecule has 0 saturated carbocycles. The van der Waals surface area contributed by atoms with E-state index in [9.17, 15) is 8.78 Å². The molecule has 5 heteroatoms. The summed E-state index contributed by atoms with van der Waals surface area (Å²) in [5.74, 6) is -1.17.